The highest BCUT2D eigenvalue weighted by molar-refractivity contribution is 7.26. The van der Waals surface area contributed by atoms with Crippen molar-refractivity contribution >= 4 is 75.1 Å². The van der Waals surface area contributed by atoms with Gasteiger partial charge in [-0.05, 0) is 53.1 Å². The summed E-state index contributed by atoms with van der Waals surface area (Å²) < 4.78 is 7.15. The van der Waals surface area contributed by atoms with Gasteiger partial charge < -0.3 is 4.57 Å². The van der Waals surface area contributed by atoms with E-state index in [4.69, 9.17) is 15.0 Å². The van der Waals surface area contributed by atoms with Gasteiger partial charge in [-0.15, -0.1) is 11.3 Å². The molecule has 0 saturated carbocycles. The number of hydrogen-bond donors (Lipinski definition) is 0. The normalized spacial score (nSPS) is 11.8. The standard InChI is InChI=1S/C57H35N5S/c1-4-17-36(18-5-1)39-31-34-50(47(35-39)37-19-6-2-7-20-37)61-48-28-13-10-23-40(48)43-32-33-44-41-24-11-14-29-49(41)62(53(44)52(43)61)57-59-55(38-21-8-3-9-22-38)58-56(60-57)46-27-16-26-45-42-25-12-15-30-51(42)63-54(45)46/h1-35H. The molecule has 294 valence electrons. The monoisotopic (exact) mass is 821 g/mol. The van der Waals surface area contributed by atoms with Crippen LogP contribution in [0.3, 0.4) is 0 Å². The molecule has 0 radical (unpaired) electrons. The van der Waals surface area contributed by atoms with Gasteiger partial charge in [0, 0.05) is 58.4 Å². The number of fused-ring (bicyclic) bond motifs is 10. The van der Waals surface area contributed by atoms with Crippen molar-refractivity contribution < 1.29 is 0 Å². The maximum absolute atomic E-state index is 5.50. The van der Waals surface area contributed by atoms with Crippen LogP contribution < -0.4 is 0 Å². The van der Waals surface area contributed by atoms with Crippen LogP contribution >= 0.6 is 11.3 Å². The third-order valence-electron chi connectivity index (χ3n) is 12.4. The summed E-state index contributed by atoms with van der Waals surface area (Å²) in [6.07, 6.45) is 0. The van der Waals surface area contributed by atoms with E-state index >= 15 is 0 Å². The van der Waals surface area contributed by atoms with Crippen molar-refractivity contribution in [1.82, 2.24) is 24.1 Å². The minimum Gasteiger partial charge on any atom is -0.307 e. The maximum atomic E-state index is 5.50. The summed E-state index contributed by atoms with van der Waals surface area (Å²) in [4.78, 5) is 16.2. The van der Waals surface area contributed by atoms with Crippen LogP contribution in [0.5, 0.6) is 0 Å². The second kappa shape index (κ2) is 14.2. The summed E-state index contributed by atoms with van der Waals surface area (Å²) in [6.45, 7) is 0. The van der Waals surface area contributed by atoms with Gasteiger partial charge in [0.05, 0.1) is 27.8 Å². The molecule has 4 heterocycles. The van der Waals surface area contributed by atoms with Crippen molar-refractivity contribution in [3.63, 3.8) is 0 Å². The molecule has 63 heavy (non-hydrogen) atoms. The van der Waals surface area contributed by atoms with E-state index in [1.807, 2.05) is 18.2 Å². The Morgan fingerprint density at radius 2 is 0.889 bits per heavy atom. The number of aromatic nitrogens is 5. The lowest BCUT2D eigenvalue weighted by molar-refractivity contribution is 0.954. The van der Waals surface area contributed by atoms with Crippen molar-refractivity contribution in [3.8, 4) is 56.7 Å². The van der Waals surface area contributed by atoms with Gasteiger partial charge in [0.2, 0.25) is 5.95 Å². The topological polar surface area (TPSA) is 48.5 Å². The number of rotatable bonds is 6. The average Bonchev–Trinajstić information content (AvgIpc) is 4.02. The predicted octanol–water partition coefficient (Wildman–Crippen LogP) is 15.1. The highest BCUT2D eigenvalue weighted by atomic mass is 32.1. The predicted molar refractivity (Wildman–Crippen MR) is 263 cm³/mol. The lowest BCUT2D eigenvalue weighted by atomic mass is 9.97. The van der Waals surface area contributed by atoms with E-state index in [0.717, 1.165) is 76.4 Å². The second-order valence-corrected chi connectivity index (χ2v) is 17.0. The SMILES string of the molecule is c1ccc(-c2ccc(-n3c4ccccc4c4ccc5c6ccccc6n(-c6nc(-c7ccccc7)nc(-c7cccc8c7sc7ccccc78)n6)c5c43)c(-c3ccccc3)c2)cc1. The first-order valence-electron chi connectivity index (χ1n) is 21.2. The van der Waals surface area contributed by atoms with E-state index in [9.17, 15) is 0 Å². The first kappa shape index (κ1) is 35.6. The van der Waals surface area contributed by atoms with Gasteiger partial charge in [-0.2, -0.15) is 9.97 Å². The van der Waals surface area contributed by atoms with Gasteiger partial charge in [0.1, 0.15) is 0 Å². The fourth-order valence-corrected chi connectivity index (χ4v) is 10.8. The number of benzene rings is 9. The molecule has 0 amide bonds. The van der Waals surface area contributed by atoms with E-state index < -0.39 is 0 Å². The summed E-state index contributed by atoms with van der Waals surface area (Å²) in [5, 5.41) is 7.02. The molecule has 4 aromatic heterocycles. The summed E-state index contributed by atoms with van der Waals surface area (Å²) in [6, 6.07) is 75.6. The Labute approximate surface area is 366 Å². The molecule has 0 unspecified atom stereocenters. The van der Waals surface area contributed by atoms with Crippen molar-refractivity contribution in [2.24, 2.45) is 0 Å². The summed E-state index contributed by atoms with van der Waals surface area (Å²) in [5.74, 6) is 1.82. The quantitative estimate of drug-likeness (QED) is 0.168. The number of hydrogen-bond acceptors (Lipinski definition) is 4. The van der Waals surface area contributed by atoms with Gasteiger partial charge in [-0.3, -0.25) is 4.57 Å². The lowest BCUT2D eigenvalue weighted by Gasteiger charge is -2.17. The Kier molecular flexibility index (Phi) is 8.01. The van der Waals surface area contributed by atoms with Crippen LogP contribution in [0.25, 0.3) is 120 Å². The van der Waals surface area contributed by atoms with E-state index in [-0.39, 0.29) is 0 Å². The minimum atomic E-state index is 0.565. The summed E-state index contributed by atoms with van der Waals surface area (Å²) >= 11 is 1.79. The van der Waals surface area contributed by atoms with Gasteiger partial charge in [-0.1, -0.05) is 176 Å². The average molecular weight is 822 g/mol. The molecule has 6 heteroatoms. The van der Waals surface area contributed by atoms with Gasteiger partial charge in [-0.25, -0.2) is 4.98 Å². The molecular formula is C57H35N5S. The fourth-order valence-electron chi connectivity index (χ4n) is 9.57. The second-order valence-electron chi connectivity index (χ2n) is 16.0. The van der Waals surface area contributed by atoms with Gasteiger partial charge >= 0.3 is 0 Å². The number of thiophene rings is 1. The van der Waals surface area contributed by atoms with E-state index in [2.05, 4.69) is 203 Å². The van der Waals surface area contributed by atoms with Crippen molar-refractivity contribution in [1.29, 1.82) is 0 Å². The Balaban J connectivity index is 1.16. The van der Waals surface area contributed by atoms with Crippen LogP contribution in [-0.2, 0) is 0 Å². The molecule has 13 aromatic rings. The molecule has 0 aliphatic rings. The molecule has 0 N–H and O–H groups in total. The number of nitrogens with zero attached hydrogens (tertiary/aromatic N) is 5. The Morgan fingerprint density at radius 3 is 1.60 bits per heavy atom. The van der Waals surface area contributed by atoms with Crippen LogP contribution in [0.15, 0.2) is 212 Å². The Hall–Kier alpha value is -8.19. The van der Waals surface area contributed by atoms with Crippen molar-refractivity contribution in [2.75, 3.05) is 0 Å². The summed E-state index contributed by atoms with van der Waals surface area (Å²) in [5.41, 5.74) is 11.9. The summed E-state index contributed by atoms with van der Waals surface area (Å²) in [7, 11) is 0. The fraction of sp³-hybridized carbons (Fsp3) is 0. The van der Waals surface area contributed by atoms with Crippen LogP contribution in [-0.4, -0.2) is 24.1 Å². The molecule has 13 rings (SSSR count). The van der Waals surface area contributed by atoms with Crippen LogP contribution in [0.1, 0.15) is 0 Å². The molecular weight excluding hydrogens is 787 g/mol. The molecule has 0 aliphatic heterocycles. The van der Waals surface area contributed by atoms with Crippen molar-refractivity contribution in [2.45, 2.75) is 0 Å². The zero-order chi connectivity index (χ0) is 41.4. The first-order chi connectivity index (χ1) is 31.3. The van der Waals surface area contributed by atoms with Crippen LogP contribution in [0.4, 0.5) is 0 Å². The van der Waals surface area contributed by atoms with Crippen LogP contribution in [0.2, 0.25) is 0 Å². The van der Waals surface area contributed by atoms with Crippen LogP contribution in [0, 0.1) is 0 Å². The maximum Gasteiger partial charge on any atom is 0.238 e. The molecule has 0 bridgehead atoms. The van der Waals surface area contributed by atoms with E-state index in [1.54, 1.807) is 11.3 Å². The third-order valence-corrected chi connectivity index (χ3v) is 13.6. The van der Waals surface area contributed by atoms with Gasteiger partial charge in [0.25, 0.3) is 0 Å². The molecule has 0 fully saturated rings. The van der Waals surface area contributed by atoms with Gasteiger partial charge in [0.15, 0.2) is 11.6 Å². The molecule has 0 atom stereocenters. The lowest BCUT2D eigenvalue weighted by Crippen LogP contribution is -2.07. The van der Waals surface area contributed by atoms with E-state index in [0.29, 0.717) is 17.6 Å². The smallest absolute Gasteiger partial charge is 0.238 e. The molecule has 0 aliphatic carbocycles. The Morgan fingerprint density at radius 1 is 0.333 bits per heavy atom. The third kappa shape index (κ3) is 5.59. The largest absolute Gasteiger partial charge is 0.307 e. The highest BCUT2D eigenvalue weighted by Crippen LogP contribution is 2.45. The molecule has 5 nitrogen and oxygen atoms in total. The minimum absolute atomic E-state index is 0.565. The highest BCUT2D eigenvalue weighted by Gasteiger charge is 2.25. The number of para-hydroxylation sites is 2. The first-order valence-corrected chi connectivity index (χ1v) is 22.0. The van der Waals surface area contributed by atoms with Crippen molar-refractivity contribution in [3.05, 3.63) is 212 Å². The molecule has 0 saturated heterocycles. The molecule has 0 spiro atoms. The zero-order valence-corrected chi connectivity index (χ0v) is 34.7. The van der Waals surface area contributed by atoms with E-state index in [1.165, 1.54) is 26.4 Å². The molecule has 9 aromatic carbocycles. The Bertz CT molecular complexity index is 3900. The zero-order valence-electron chi connectivity index (χ0n) is 33.9.